The molecule has 0 spiro atoms. The van der Waals surface area contributed by atoms with E-state index in [9.17, 15) is 4.79 Å². The van der Waals surface area contributed by atoms with Gasteiger partial charge in [0.1, 0.15) is 6.61 Å². The van der Waals surface area contributed by atoms with Crippen molar-refractivity contribution < 1.29 is 14.4 Å². The van der Waals surface area contributed by atoms with Crippen molar-refractivity contribution in [3.63, 3.8) is 0 Å². The molecular weight excluding hydrogens is 268 g/mol. The van der Waals surface area contributed by atoms with Crippen molar-refractivity contribution in [1.82, 2.24) is 5.16 Å². The van der Waals surface area contributed by atoms with Gasteiger partial charge < -0.3 is 14.9 Å². The van der Waals surface area contributed by atoms with Crippen LogP contribution in [0.4, 0.5) is 5.69 Å². The fraction of sp³-hybridized carbons (Fsp3) is 0.0769. The van der Waals surface area contributed by atoms with Crippen LogP contribution in [0.25, 0.3) is 0 Å². The quantitative estimate of drug-likeness (QED) is 0.822. The summed E-state index contributed by atoms with van der Waals surface area (Å²) in [6.07, 6.45) is 1.37. The van der Waals surface area contributed by atoms with Crippen LogP contribution in [0.15, 0.2) is 35.0 Å². The van der Waals surface area contributed by atoms with Gasteiger partial charge in [0.2, 0.25) is 5.76 Å². The van der Waals surface area contributed by atoms with E-state index in [0.29, 0.717) is 16.3 Å². The summed E-state index contributed by atoms with van der Waals surface area (Å²) >= 11 is 5.87. The highest BCUT2D eigenvalue weighted by molar-refractivity contribution is 6.31. The van der Waals surface area contributed by atoms with Gasteiger partial charge in [0.15, 0.2) is 0 Å². The van der Waals surface area contributed by atoms with Gasteiger partial charge in [-0.1, -0.05) is 28.6 Å². The van der Waals surface area contributed by atoms with Gasteiger partial charge in [-0.3, -0.25) is 4.79 Å². The van der Waals surface area contributed by atoms with Crippen molar-refractivity contribution in [1.29, 1.82) is 0 Å². The Bertz CT molecular complexity index is 642. The third kappa shape index (κ3) is 3.35. The largest absolute Gasteiger partial charge is 0.384 e. The second kappa shape index (κ2) is 6.05. The third-order valence-electron chi connectivity index (χ3n) is 2.19. The highest BCUT2D eigenvalue weighted by atomic mass is 35.5. The maximum atomic E-state index is 11.8. The maximum Gasteiger partial charge on any atom is 0.294 e. The Kier molecular flexibility index (Phi) is 4.18. The van der Waals surface area contributed by atoms with Crippen LogP contribution in [0.5, 0.6) is 0 Å². The molecule has 0 unspecified atom stereocenters. The summed E-state index contributed by atoms with van der Waals surface area (Å²) in [7, 11) is 0. The van der Waals surface area contributed by atoms with Crippen LogP contribution >= 0.6 is 11.6 Å². The van der Waals surface area contributed by atoms with Gasteiger partial charge in [-0.2, -0.15) is 0 Å². The number of anilines is 1. The Balaban J connectivity index is 2.28. The second-order valence-corrected chi connectivity index (χ2v) is 3.92. The Hall–Kier alpha value is -2.29. The summed E-state index contributed by atoms with van der Waals surface area (Å²) in [6, 6.07) is 6.31. The molecule has 0 saturated carbocycles. The first-order chi connectivity index (χ1) is 9.20. The molecule has 0 fully saturated rings. The van der Waals surface area contributed by atoms with E-state index < -0.39 is 5.91 Å². The monoisotopic (exact) mass is 276 g/mol. The van der Waals surface area contributed by atoms with Crippen LogP contribution in [0, 0.1) is 11.8 Å². The molecule has 1 heterocycles. The van der Waals surface area contributed by atoms with Crippen LogP contribution in [0.3, 0.4) is 0 Å². The number of aliphatic hydroxyl groups excluding tert-OH is 1. The highest BCUT2D eigenvalue weighted by Gasteiger charge is 2.12. The van der Waals surface area contributed by atoms with Crippen molar-refractivity contribution in [2.24, 2.45) is 0 Å². The van der Waals surface area contributed by atoms with Crippen molar-refractivity contribution in [3.8, 4) is 11.8 Å². The van der Waals surface area contributed by atoms with E-state index >= 15 is 0 Å². The number of aromatic nitrogens is 1. The minimum atomic E-state index is -0.452. The van der Waals surface area contributed by atoms with Gasteiger partial charge in [-0.05, 0) is 18.2 Å². The van der Waals surface area contributed by atoms with Gasteiger partial charge in [0.25, 0.3) is 5.91 Å². The normalized spacial score (nSPS) is 9.58. The second-order valence-electron chi connectivity index (χ2n) is 3.48. The van der Waals surface area contributed by atoms with Crippen molar-refractivity contribution in [2.75, 3.05) is 11.9 Å². The molecule has 2 N–H and O–H groups in total. The SMILES string of the molecule is O=C(Nc1cc(Cl)ccc1C#CCO)c1ccno1. The number of rotatable bonds is 2. The average Bonchev–Trinajstić information content (AvgIpc) is 2.92. The van der Waals surface area contributed by atoms with Crippen LogP contribution < -0.4 is 5.32 Å². The Labute approximate surface area is 114 Å². The minimum Gasteiger partial charge on any atom is -0.384 e. The summed E-state index contributed by atoms with van der Waals surface area (Å²) in [6.45, 7) is -0.266. The molecule has 6 heteroatoms. The number of hydrogen-bond donors (Lipinski definition) is 2. The molecule has 0 atom stereocenters. The zero-order chi connectivity index (χ0) is 13.7. The van der Waals surface area contributed by atoms with Gasteiger partial charge in [0.05, 0.1) is 11.9 Å². The Morgan fingerprint density at radius 3 is 3.00 bits per heavy atom. The Morgan fingerprint density at radius 2 is 2.32 bits per heavy atom. The molecule has 0 radical (unpaired) electrons. The van der Waals surface area contributed by atoms with Gasteiger partial charge >= 0.3 is 0 Å². The molecule has 2 aromatic rings. The zero-order valence-corrected chi connectivity index (χ0v) is 10.4. The number of carbonyl (C=O) groups excluding carboxylic acids is 1. The van der Waals surface area contributed by atoms with Crippen LogP contribution in [0.2, 0.25) is 5.02 Å². The van der Waals surface area contributed by atoms with Crippen molar-refractivity contribution in [2.45, 2.75) is 0 Å². The fourth-order valence-electron chi connectivity index (χ4n) is 1.38. The van der Waals surface area contributed by atoms with E-state index in [1.165, 1.54) is 12.3 Å². The first kappa shape index (κ1) is 13.1. The standard InChI is InChI=1S/C13H9ClN2O3/c14-10-4-3-9(2-1-7-17)11(8-10)16-13(18)12-5-6-15-19-12/h3-6,8,17H,7H2,(H,16,18). The lowest BCUT2D eigenvalue weighted by molar-refractivity contribution is 0.0988. The first-order valence-corrected chi connectivity index (χ1v) is 5.70. The van der Waals surface area contributed by atoms with Crippen LogP contribution in [-0.4, -0.2) is 22.8 Å². The number of carbonyl (C=O) groups is 1. The summed E-state index contributed by atoms with van der Waals surface area (Å²) < 4.78 is 4.75. The van der Waals surface area contributed by atoms with Gasteiger partial charge in [-0.15, -0.1) is 0 Å². The van der Waals surface area contributed by atoms with E-state index in [-0.39, 0.29) is 12.4 Å². The summed E-state index contributed by atoms with van der Waals surface area (Å²) in [5.74, 6) is 4.86. The topological polar surface area (TPSA) is 75.4 Å². The van der Waals surface area contributed by atoms with E-state index in [1.54, 1.807) is 18.2 Å². The average molecular weight is 277 g/mol. The molecule has 0 aliphatic carbocycles. The van der Waals surface area contributed by atoms with E-state index in [1.807, 2.05) is 0 Å². The van der Waals surface area contributed by atoms with Crippen LogP contribution in [-0.2, 0) is 0 Å². The molecule has 1 aromatic heterocycles. The molecule has 0 aliphatic heterocycles. The predicted molar refractivity (Wildman–Crippen MR) is 69.9 cm³/mol. The number of hydrogen-bond acceptors (Lipinski definition) is 4. The van der Waals surface area contributed by atoms with E-state index in [4.69, 9.17) is 21.2 Å². The highest BCUT2D eigenvalue weighted by Crippen LogP contribution is 2.21. The molecule has 0 bridgehead atoms. The lowest BCUT2D eigenvalue weighted by Gasteiger charge is -2.06. The molecule has 19 heavy (non-hydrogen) atoms. The number of benzene rings is 1. The fourth-order valence-corrected chi connectivity index (χ4v) is 1.55. The van der Waals surface area contributed by atoms with Gasteiger partial charge in [0, 0.05) is 16.7 Å². The van der Waals surface area contributed by atoms with Crippen LogP contribution in [0.1, 0.15) is 16.1 Å². The van der Waals surface area contributed by atoms with Crippen molar-refractivity contribution >= 4 is 23.2 Å². The number of aliphatic hydroxyl groups is 1. The molecular formula is C13H9ClN2O3. The third-order valence-corrected chi connectivity index (χ3v) is 2.43. The summed E-state index contributed by atoms with van der Waals surface area (Å²) in [4.78, 5) is 11.8. The molecule has 1 amide bonds. The maximum absolute atomic E-state index is 11.8. The van der Waals surface area contributed by atoms with E-state index in [0.717, 1.165) is 0 Å². The molecule has 5 nitrogen and oxygen atoms in total. The number of halogens is 1. The molecule has 1 aromatic carbocycles. The minimum absolute atomic E-state index is 0.0843. The zero-order valence-electron chi connectivity index (χ0n) is 9.68. The Morgan fingerprint density at radius 1 is 1.47 bits per heavy atom. The number of nitrogens with one attached hydrogen (secondary N) is 1. The molecule has 0 aliphatic rings. The first-order valence-electron chi connectivity index (χ1n) is 5.32. The lowest BCUT2D eigenvalue weighted by Crippen LogP contribution is -2.12. The lowest BCUT2D eigenvalue weighted by atomic mass is 10.1. The van der Waals surface area contributed by atoms with E-state index in [2.05, 4.69) is 22.3 Å². The summed E-state index contributed by atoms with van der Waals surface area (Å²) in [5, 5.41) is 15.2. The predicted octanol–water partition coefficient (Wildman–Crippen LogP) is 1.92. The summed E-state index contributed by atoms with van der Waals surface area (Å²) in [5.41, 5.74) is 0.987. The molecule has 0 saturated heterocycles. The van der Waals surface area contributed by atoms with Gasteiger partial charge in [-0.25, -0.2) is 0 Å². The smallest absolute Gasteiger partial charge is 0.294 e. The molecule has 96 valence electrons. The number of nitrogens with zero attached hydrogens (tertiary/aromatic N) is 1. The molecule has 2 rings (SSSR count). The van der Waals surface area contributed by atoms with Crippen molar-refractivity contribution in [3.05, 3.63) is 46.8 Å². The number of amides is 1.